The maximum Gasteiger partial charge on any atom is 0.163 e. The zero-order chi connectivity index (χ0) is 34.9. The Hall–Kier alpha value is -7.10. The molecule has 0 unspecified atom stereocenters. The van der Waals surface area contributed by atoms with Crippen LogP contribution < -0.4 is 4.90 Å². The SMILES string of the molecule is c1ccc(-c2ccc(N(c3ccc(-c4ccccc4)cc3)c3c4oc5cc6ccccc6cc5c4cc4c3oc3cc5ccccc5cc34)cc2)cc1. The molecule has 11 aromatic rings. The van der Waals surface area contributed by atoms with Crippen molar-refractivity contribution in [1.29, 1.82) is 0 Å². The molecular formula is C50H31NO2. The van der Waals surface area contributed by atoms with E-state index in [1.807, 2.05) is 0 Å². The quantitative estimate of drug-likeness (QED) is 0.182. The third-order valence-electron chi connectivity index (χ3n) is 10.6. The maximum atomic E-state index is 6.98. The number of fused-ring (bicyclic) bond motifs is 8. The van der Waals surface area contributed by atoms with Crippen LogP contribution in [0.1, 0.15) is 0 Å². The average molecular weight is 678 g/mol. The third kappa shape index (κ3) is 4.82. The zero-order valence-electron chi connectivity index (χ0n) is 28.7. The Bertz CT molecular complexity index is 2930. The Balaban J connectivity index is 1.23. The molecule has 248 valence electrons. The lowest BCUT2D eigenvalue weighted by Gasteiger charge is -2.26. The van der Waals surface area contributed by atoms with Gasteiger partial charge < -0.3 is 13.7 Å². The first kappa shape index (κ1) is 29.6. The van der Waals surface area contributed by atoms with Crippen LogP contribution in [0.3, 0.4) is 0 Å². The van der Waals surface area contributed by atoms with Crippen LogP contribution in [0, 0.1) is 0 Å². The van der Waals surface area contributed by atoms with Crippen LogP contribution >= 0.6 is 0 Å². The summed E-state index contributed by atoms with van der Waals surface area (Å²) in [6.45, 7) is 0. The van der Waals surface area contributed by atoms with E-state index in [1.165, 1.54) is 21.9 Å². The summed E-state index contributed by atoms with van der Waals surface area (Å²) in [4.78, 5) is 2.30. The lowest BCUT2D eigenvalue weighted by Crippen LogP contribution is -2.10. The highest BCUT2D eigenvalue weighted by molar-refractivity contribution is 6.24. The number of hydrogen-bond donors (Lipinski definition) is 0. The first-order chi connectivity index (χ1) is 26.2. The van der Waals surface area contributed by atoms with Gasteiger partial charge in [0.1, 0.15) is 16.9 Å². The summed E-state index contributed by atoms with van der Waals surface area (Å²) in [5, 5.41) is 8.91. The molecule has 3 nitrogen and oxygen atoms in total. The lowest BCUT2D eigenvalue weighted by molar-refractivity contribution is 0.657. The van der Waals surface area contributed by atoms with Gasteiger partial charge in [-0.3, -0.25) is 0 Å². The zero-order valence-corrected chi connectivity index (χ0v) is 28.7. The van der Waals surface area contributed by atoms with Crippen molar-refractivity contribution in [2.75, 3.05) is 4.90 Å². The van der Waals surface area contributed by atoms with Gasteiger partial charge in [0.15, 0.2) is 11.2 Å². The molecule has 2 heterocycles. The summed E-state index contributed by atoms with van der Waals surface area (Å²) in [5.41, 5.74) is 10.8. The van der Waals surface area contributed by atoms with Crippen molar-refractivity contribution in [3.63, 3.8) is 0 Å². The van der Waals surface area contributed by atoms with Gasteiger partial charge in [-0.1, -0.05) is 133 Å². The molecule has 0 amide bonds. The predicted molar refractivity (Wildman–Crippen MR) is 222 cm³/mol. The molecule has 0 N–H and O–H groups in total. The Morgan fingerprint density at radius 1 is 0.302 bits per heavy atom. The topological polar surface area (TPSA) is 29.5 Å². The molecule has 0 radical (unpaired) electrons. The van der Waals surface area contributed by atoms with E-state index in [1.54, 1.807) is 0 Å². The van der Waals surface area contributed by atoms with Crippen molar-refractivity contribution in [3.05, 3.63) is 188 Å². The molecule has 0 aliphatic heterocycles. The minimum atomic E-state index is 0.783. The minimum absolute atomic E-state index is 0.783. The van der Waals surface area contributed by atoms with Crippen LogP contribution in [0.25, 0.3) is 87.7 Å². The molecule has 0 spiro atoms. The molecular weight excluding hydrogens is 647 g/mol. The van der Waals surface area contributed by atoms with E-state index in [4.69, 9.17) is 8.83 Å². The highest BCUT2D eigenvalue weighted by Crippen LogP contribution is 2.50. The van der Waals surface area contributed by atoms with E-state index in [0.29, 0.717) is 0 Å². The van der Waals surface area contributed by atoms with E-state index in [2.05, 4.69) is 193 Å². The van der Waals surface area contributed by atoms with Crippen LogP contribution in [0.4, 0.5) is 17.1 Å². The highest BCUT2D eigenvalue weighted by atomic mass is 16.3. The molecule has 2 aromatic heterocycles. The van der Waals surface area contributed by atoms with E-state index >= 15 is 0 Å². The number of nitrogens with zero attached hydrogens (tertiary/aromatic N) is 1. The summed E-state index contributed by atoms with van der Waals surface area (Å²) in [7, 11) is 0. The fourth-order valence-corrected chi connectivity index (χ4v) is 7.97. The van der Waals surface area contributed by atoms with Gasteiger partial charge in [0.25, 0.3) is 0 Å². The van der Waals surface area contributed by atoms with Gasteiger partial charge in [0.2, 0.25) is 0 Å². The van der Waals surface area contributed by atoms with Crippen molar-refractivity contribution in [2.45, 2.75) is 0 Å². The van der Waals surface area contributed by atoms with Crippen molar-refractivity contribution >= 4 is 82.5 Å². The predicted octanol–water partition coefficient (Wildman–Crippen LogP) is 14.6. The van der Waals surface area contributed by atoms with Crippen LogP contribution in [-0.4, -0.2) is 0 Å². The molecule has 11 rings (SSSR count). The Morgan fingerprint density at radius 3 is 1.08 bits per heavy atom. The van der Waals surface area contributed by atoms with Crippen LogP contribution in [0.5, 0.6) is 0 Å². The molecule has 53 heavy (non-hydrogen) atoms. The minimum Gasteiger partial charge on any atom is -0.454 e. The molecule has 3 heteroatoms. The molecule has 0 saturated heterocycles. The number of rotatable bonds is 5. The molecule has 0 saturated carbocycles. The second-order valence-electron chi connectivity index (χ2n) is 13.7. The number of furan rings is 2. The third-order valence-corrected chi connectivity index (χ3v) is 10.6. The van der Waals surface area contributed by atoms with Gasteiger partial charge in [0.05, 0.1) is 0 Å². The molecule has 9 aromatic carbocycles. The van der Waals surface area contributed by atoms with Gasteiger partial charge in [-0.15, -0.1) is 0 Å². The summed E-state index contributed by atoms with van der Waals surface area (Å²) in [5.74, 6) is 0. The van der Waals surface area contributed by atoms with E-state index in [-0.39, 0.29) is 0 Å². The standard InChI is InChI=1S/C50H31NO2/c1-3-11-32(12-4-1)34-19-23-40(24-20-34)51(41-25-21-35(22-26-41)33-13-5-2-6-14-33)48-49-44(42-27-36-15-7-9-17-38(36)29-46(42)52-49)31-45-43-28-37-16-8-10-18-39(37)30-47(43)53-50(45)48/h1-31H. The van der Waals surface area contributed by atoms with Crippen LogP contribution in [0.15, 0.2) is 197 Å². The number of anilines is 3. The first-order valence-electron chi connectivity index (χ1n) is 18.0. The average Bonchev–Trinajstić information content (AvgIpc) is 3.77. The van der Waals surface area contributed by atoms with E-state index < -0.39 is 0 Å². The van der Waals surface area contributed by atoms with Gasteiger partial charge in [-0.05, 0) is 98.4 Å². The summed E-state index contributed by atoms with van der Waals surface area (Å²) < 4.78 is 14.0. The Kier molecular flexibility index (Phi) is 6.55. The fourth-order valence-electron chi connectivity index (χ4n) is 7.97. The summed E-state index contributed by atoms with van der Waals surface area (Å²) in [6.07, 6.45) is 0. The van der Waals surface area contributed by atoms with Gasteiger partial charge in [0, 0.05) is 32.9 Å². The van der Waals surface area contributed by atoms with Gasteiger partial charge in [-0.2, -0.15) is 0 Å². The molecule has 0 atom stereocenters. The van der Waals surface area contributed by atoms with Crippen LogP contribution in [0.2, 0.25) is 0 Å². The summed E-state index contributed by atoms with van der Waals surface area (Å²) in [6, 6.07) is 66.7. The molecule has 0 bridgehead atoms. The van der Waals surface area contributed by atoms with E-state index in [0.717, 1.165) is 82.8 Å². The smallest absolute Gasteiger partial charge is 0.163 e. The number of hydrogen-bond acceptors (Lipinski definition) is 3. The molecule has 0 aliphatic carbocycles. The van der Waals surface area contributed by atoms with Crippen molar-refractivity contribution in [2.24, 2.45) is 0 Å². The molecule has 0 aliphatic rings. The van der Waals surface area contributed by atoms with Gasteiger partial charge >= 0.3 is 0 Å². The molecule has 0 fully saturated rings. The lowest BCUT2D eigenvalue weighted by atomic mass is 10.0. The number of benzene rings is 9. The van der Waals surface area contributed by atoms with Crippen molar-refractivity contribution in [1.82, 2.24) is 0 Å². The second-order valence-corrected chi connectivity index (χ2v) is 13.7. The Labute approximate surface area is 305 Å². The van der Waals surface area contributed by atoms with Gasteiger partial charge in [-0.25, -0.2) is 0 Å². The first-order valence-corrected chi connectivity index (χ1v) is 18.0. The Morgan fingerprint density at radius 2 is 0.660 bits per heavy atom. The maximum absolute atomic E-state index is 6.98. The monoisotopic (exact) mass is 677 g/mol. The summed E-state index contributed by atoms with van der Waals surface area (Å²) >= 11 is 0. The highest BCUT2D eigenvalue weighted by Gasteiger charge is 2.27. The van der Waals surface area contributed by atoms with Crippen molar-refractivity contribution < 1.29 is 8.83 Å². The normalized spacial score (nSPS) is 11.8. The second kappa shape index (κ2) is 11.7. The van der Waals surface area contributed by atoms with E-state index in [9.17, 15) is 0 Å². The fraction of sp³-hybridized carbons (Fsp3) is 0. The largest absolute Gasteiger partial charge is 0.454 e. The van der Waals surface area contributed by atoms with Crippen molar-refractivity contribution in [3.8, 4) is 22.3 Å². The van der Waals surface area contributed by atoms with Crippen LogP contribution in [-0.2, 0) is 0 Å².